The minimum atomic E-state index is -0.610. The predicted molar refractivity (Wildman–Crippen MR) is 134 cm³/mol. The Morgan fingerprint density at radius 2 is 1.78 bits per heavy atom. The molecular weight excluding hydrogens is 456 g/mol. The number of fused-ring (bicyclic) bond motifs is 1. The lowest BCUT2D eigenvalue weighted by Crippen LogP contribution is -2.39. The highest BCUT2D eigenvalue weighted by Gasteiger charge is 2.45. The van der Waals surface area contributed by atoms with E-state index in [9.17, 15) is 14.4 Å². The van der Waals surface area contributed by atoms with Crippen LogP contribution in [-0.4, -0.2) is 24.8 Å². The third-order valence-corrected chi connectivity index (χ3v) is 7.25. The Morgan fingerprint density at radius 3 is 2.47 bits per heavy atom. The Morgan fingerprint density at radius 1 is 1.00 bits per heavy atom. The molecule has 1 aliphatic heterocycles. The number of allylic oxidation sites excluding steroid dienone is 1. The Kier molecular flexibility index (Phi) is 5.48. The third kappa shape index (κ3) is 3.81. The van der Waals surface area contributed by atoms with Crippen LogP contribution in [0.1, 0.15) is 59.3 Å². The summed E-state index contributed by atoms with van der Waals surface area (Å²) in [4.78, 5) is 41.5. The highest BCUT2D eigenvalue weighted by Crippen LogP contribution is 2.49. The summed E-state index contributed by atoms with van der Waals surface area (Å²) >= 11 is 0. The minimum absolute atomic E-state index is 0.0148. The van der Waals surface area contributed by atoms with Crippen LogP contribution in [-0.2, 0) is 14.3 Å². The van der Waals surface area contributed by atoms with E-state index in [0.29, 0.717) is 24.0 Å². The molecule has 1 N–H and O–H groups in total. The van der Waals surface area contributed by atoms with Gasteiger partial charge < -0.3 is 14.5 Å². The van der Waals surface area contributed by atoms with Gasteiger partial charge in [-0.15, -0.1) is 0 Å². The quantitative estimate of drug-likeness (QED) is 0.503. The number of benzene rings is 2. The second-order valence-corrected chi connectivity index (χ2v) is 9.58. The molecule has 2 aromatic carbocycles. The lowest BCUT2D eigenvalue weighted by Gasteiger charge is -2.35. The molecule has 0 bridgehead atoms. The van der Waals surface area contributed by atoms with E-state index in [0.717, 1.165) is 41.2 Å². The van der Waals surface area contributed by atoms with Gasteiger partial charge in [-0.05, 0) is 61.2 Å². The first-order chi connectivity index (χ1) is 17.5. The van der Waals surface area contributed by atoms with E-state index in [4.69, 9.17) is 9.15 Å². The van der Waals surface area contributed by atoms with Crippen LogP contribution in [0.4, 0.5) is 11.4 Å². The van der Waals surface area contributed by atoms with Crippen molar-refractivity contribution in [3.05, 3.63) is 95.1 Å². The van der Waals surface area contributed by atoms with Crippen molar-refractivity contribution in [2.45, 2.75) is 37.6 Å². The summed E-state index contributed by atoms with van der Waals surface area (Å²) in [7, 11) is 1.34. The van der Waals surface area contributed by atoms with E-state index >= 15 is 0 Å². The van der Waals surface area contributed by atoms with Gasteiger partial charge in [0.2, 0.25) is 5.91 Å². The Balaban J connectivity index is 1.53. The topological polar surface area (TPSA) is 88.8 Å². The highest BCUT2D eigenvalue weighted by molar-refractivity contribution is 6.07. The van der Waals surface area contributed by atoms with Crippen molar-refractivity contribution in [3.63, 3.8) is 0 Å². The van der Waals surface area contributed by atoms with E-state index < -0.39 is 12.0 Å². The fourth-order valence-electron chi connectivity index (χ4n) is 5.32. The van der Waals surface area contributed by atoms with Crippen molar-refractivity contribution in [2.24, 2.45) is 5.92 Å². The normalized spacial score (nSPS) is 21.2. The van der Waals surface area contributed by atoms with Gasteiger partial charge in [0.25, 0.3) is 0 Å². The van der Waals surface area contributed by atoms with Crippen LogP contribution < -0.4 is 10.2 Å². The molecule has 0 unspecified atom stereocenters. The number of amides is 1. The number of anilines is 2. The summed E-state index contributed by atoms with van der Waals surface area (Å²) in [6, 6.07) is 17.8. The average Bonchev–Trinajstić information content (AvgIpc) is 3.64. The maximum absolute atomic E-state index is 13.8. The van der Waals surface area contributed by atoms with Crippen molar-refractivity contribution in [3.8, 4) is 0 Å². The first kappa shape index (κ1) is 22.3. The number of hydrogen-bond acceptors (Lipinski definition) is 6. The summed E-state index contributed by atoms with van der Waals surface area (Å²) in [5, 5.41) is 3.52. The monoisotopic (exact) mass is 482 g/mol. The zero-order chi connectivity index (χ0) is 24.8. The van der Waals surface area contributed by atoms with Gasteiger partial charge in [0.1, 0.15) is 5.76 Å². The lowest BCUT2D eigenvalue weighted by molar-refractivity contribution is -0.120. The number of furan rings is 1. The first-order valence-electron chi connectivity index (χ1n) is 12.2. The molecule has 7 nitrogen and oxygen atoms in total. The second-order valence-electron chi connectivity index (χ2n) is 9.58. The third-order valence-electron chi connectivity index (χ3n) is 7.25. The Hall–Kier alpha value is -4.13. The molecule has 0 saturated heterocycles. The molecule has 0 spiro atoms. The van der Waals surface area contributed by atoms with Gasteiger partial charge in [-0.3, -0.25) is 14.5 Å². The maximum Gasteiger partial charge on any atom is 0.337 e. The van der Waals surface area contributed by atoms with Gasteiger partial charge in [0.15, 0.2) is 5.78 Å². The number of esters is 1. The second kappa shape index (κ2) is 8.82. The van der Waals surface area contributed by atoms with Crippen molar-refractivity contribution < 1.29 is 23.5 Å². The highest BCUT2D eigenvalue weighted by atomic mass is 16.5. The average molecular weight is 483 g/mol. The molecule has 182 valence electrons. The van der Waals surface area contributed by atoms with Crippen molar-refractivity contribution in [2.75, 3.05) is 17.3 Å². The Bertz CT molecular complexity index is 1370. The lowest BCUT2D eigenvalue weighted by atomic mass is 9.80. The van der Waals surface area contributed by atoms with Crippen molar-refractivity contribution in [1.82, 2.24) is 0 Å². The molecule has 1 fully saturated rings. The first-order valence-corrected chi connectivity index (χ1v) is 12.2. The maximum atomic E-state index is 13.8. The number of ketones is 1. The van der Waals surface area contributed by atoms with Crippen LogP contribution in [0.15, 0.2) is 82.6 Å². The van der Waals surface area contributed by atoms with Crippen LogP contribution in [0.25, 0.3) is 0 Å². The predicted octanol–water partition coefficient (Wildman–Crippen LogP) is 5.38. The van der Waals surface area contributed by atoms with Gasteiger partial charge in [0, 0.05) is 29.5 Å². The number of nitrogens with one attached hydrogen (secondary N) is 1. The molecule has 3 aromatic rings. The largest absolute Gasteiger partial charge is 0.469 e. The van der Waals surface area contributed by atoms with Crippen LogP contribution in [0.3, 0.4) is 0 Å². The van der Waals surface area contributed by atoms with Gasteiger partial charge in [-0.25, -0.2) is 4.79 Å². The molecular formula is C29H26N2O5. The van der Waals surface area contributed by atoms with E-state index in [1.807, 2.05) is 48.5 Å². The number of methoxy groups -OCH3 is 1. The summed E-state index contributed by atoms with van der Waals surface area (Å²) in [6.45, 7) is 0. The molecule has 6 rings (SSSR count). The van der Waals surface area contributed by atoms with Gasteiger partial charge in [-0.2, -0.15) is 0 Å². The smallest absolute Gasteiger partial charge is 0.337 e. The molecule has 2 heterocycles. The molecule has 1 saturated carbocycles. The summed E-state index contributed by atoms with van der Waals surface area (Å²) in [5.74, 6) is 0.203. The number of hydrogen-bond donors (Lipinski definition) is 1. The number of nitrogens with zero attached hydrogens (tertiary/aromatic N) is 1. The number of rotatable bonds is 4. The molecule has 0 radical (unpaired) electrons. The minimum Gasteiger partial charge on any atom is -0.469 e. The SMILES string of the molecule is COC(=O)c1ccc([C@H]2C3=C(C[C@H](c4ccco4)CC3=O)Nc3ccccc3N2C(=O)C2CC2)cc1. The molecule has 36 heavy (non-hydrogen) atoms. The molecule has 3 aliphatic rings. The van der Waals surface area contributed by atoms with Gasteiger partial charge in [-0.1, -0.05) is 24.3 Å². The van der Waals surface area contributed by atoms with E-state index in [1.54, 1.807) is 23.3 Å². The molecule has 7 heteroatoms. The fraction of sp³-hybridized carbons (Fsp3) is 0.276. The van der Waals surface area contributed by atoms with Crippen molar-refractivity contribution in [1.29, 1.82) is 0 Å². The number of carbonyl (C=O) groups excluding carboxylic acids is 3. The van der Waals surface area contributed by atoms with E-state index in [-0.39, 0.29) is 23.5 Å². The van der Waals surface area contributed by atoms with Gasteiger partial charge >= 0.3 is 5.97 Å². The van der Waals surface area contributed by atoms with Crippen molar-refractivity contribution >= 4 is 29.0 Å². The number of para-hydroxylation sites is 2. The van der Waals surface area contributed by atoms with Crippen LogP contribution in [0.5, 0.6) is 0 Å². The van der Waals surface area contributed by atoms with E-state index in [2.05, 4.69) is 5.32 Å². The Labute approximate surface area is 208 Å². The standard InChI is InChI=1S/C29H26N2O5/c1-35-29(34)19-12-8-17(9-13-19)27-26-22(15-20(16-24(26)32)25-7-4-14-36-25)30-21-5-2-3-6-23(21)31(27)28(33)18-10-11-18/h2-9,12-14,18,20,27,30H,10-11,15-16H2,1H3/t20-,27-/m0/s1. The number of carbonyl (C=O) groups is 3. The molecule has 1 aromatic heterocycles. The number of ether oxygens (including phenoxy) is 1. The summed E-state index contributed by atoms with van der Waals surface area (Å²) < 4.78 is 10.5. The van der Waals surface area contributed by atoms with E-state index in [1.165, 1.54) is 7.11 Å². The van der Waals surface area contributed by atoms with Gasteiger partial charge in [0.05, 0.1) is 36.4 Å². The summed E-state index contributed by atoms with van der Waals surface area (Å²) in [6.07, 6.45) is 4.21. The zero-order valence-electron chi connectivity index (χ0n) is 19.9. The zero-order valence-corrected chi connectivity index (χ0v) is 19.9. The van der Waals surface area contributed by atoms with Crippen LogP contribution in [0.2, 0.25) is 0 Å². The molecule has 2 atom stereocenters. The fourth-order valence-corrected chi connectivity index (χ4v) is 5.32. The molecule has 2 aliphatic carbocycles. The van der Waals surface area contributed by atoms with Crippen LogP contribution >= 0.6 is 0 Å². The number of Topliss-reactive ketones (excluding diaryl/α,β-unsaturated/α-hetero) is 1. The summed E-state index contributed by atoms with van der Waals surface area (Å²) in [5.41, 5.74) is 4.11. The van der Waals surface area contributed by atoms with Crippen LogP contribution in [0, 0.1) is 5.92 Å². The molecule has 1 amide bonds.